The van der Waals surface area contributed by atoms with Gasteiger partial charge in [0.05, 0.1) is 0 Å². The summed E-state index contributed by atoms with van der Waals surface area (Å²) < 4.78 is 0. The highest BCUT2D eigenvalue weighted by Gasteiger charge is 2.34. The Labute approximate surface area is 89.1 Å². The van der Waals surface area contributed by atoms with Crippen molar-refractivity contribution in [2.24, 2.45) is 5.73 Å². The van der Waals surface area contributed by atoms with Crippen LogP contribution in [0.15, 0.2) is 18.5 Å². The highest BCUT2D eigenvalue weighted by atomic mass is 16.4. The van der Waals surface area contributed by atoms with Crippen molar-refractivity contribution in [2.45, 2.75) is 32.2 Å². The molecule has 0 saturated carbocycles. The molecule has 0 amide bonds. The molecule has 0 aliphatic carbocycles. The molecule has 0 aliphatic heterocycles. The summed E-state index contributed by atoms with van der Waals surface area (Å²) in [6.07, 6.45) is 3.36. The molecule has 1 rings (SSSR count). The van der Waals surface area contributed by atoms with Gasteiger partial charge in [0, 0.05) is 17.8 Å². The molecular weight excluding hydrogens is 192 g/mol. The van der Waals surface area contributed by atoms with E-state index < -0.39 is 17.4 Å². The molecule has 82 valence electrons. The molecule has 0 spiro atoms. The van der Waals surface area contributed by atoms with Crippen LogP contribution in [0.1, 0.15) is 25.0 Å². The van der Waals surface area contributed by atoms with E-state index in [4.69, 9.17) is 10.8 Å². The van der Waals surface area contributed by atoms with Crippen LogP contribution in [0.4, 0.5) is 0 Å². The first-order valence-corrected chi connectivity index (χ1v) is 4.77. The Bertz CT molecular complexity index is 375. The number of carbonyl (C=O) groups is 1. The Morgan fingerprint density at radius 2 is 2.20 bits per heavy atom. The van der Waals surface area contributed by atoms with Gasteiger partial charge in [0.2, 0.25) is 0 Å². The monoisotopic (exact) mass is 208 g/mol. The number of rotatable bonds is 3. The predicted molar refractivity (Wildman–Crippen MR) is 57.6 cm³/mol. The third kappa shape index (κ3) is 2.15. The smallest absolute Gasteiger partial charge is 0.321 e. The molecule has 1 aromatic rings. The van der Waals surface area contributed by atoms with E-state index >= 15 is 0 Å². The average molecular weight is 208 g/mol. The summed E-state index contributed by atoms with van der Waals surface area (Å²) >= 11 is 0. The van der Waals surface area contributed by atoms with Crippen molar-refractivity contribution in [3.05, 3.63) is 29.6 Å². The Morgan fingerprint density at radius 3 is 2.67 bits per heavy atom. The first-order chi connectivity index (χ1) is 6.87. The van der Waals surface area contributed by atoms with E-state index in [0.29, 0.717) is 0 Å². The molecule has 0 aliphatic rings. The summed E-state index contributed by atoms with van der Waals surface area (Å²) in [5, 5.41) is 8.92. The van der Waals surface area contributed by atoms with E-state index in [1.54, 1.807) is 12.4 Å². The number of aryl methyl sites for hydroxylation is 1. The van der Waals surface area contributed by atoms with Crippen LogP contribution in [0.25, 0.3) is 0 Å². The van der Waals surface area contributed by atoms with E-state index in [1.165, 1.54) is 0 Å². The third-order valence-electron chi connectivity index (χ3n) is 2.78. The fraction of sp³-hybridized carbons (Fsp3) is 0.455. The largest absolute Gasteiger partial charge is 0.480 e. The van der Waals surface area contributed by atoms with Crippen LogP contribution >= 0.6 is 0 Å². The molecule has 3 N–H and O–H groups in total. The van der Waals surface area contributed by atoms with Crippen molar-refractivity contribution in [2.75, 3.05) is 0 Å². The lowest BCUT2D eigenvalue weighted by Gasteiger charge is -2.30. The molecule has 0 bridgehead atoms. The molecule has 0 fully saturated rings. The number of aromatic nitrogens is 1. The number of carboxylic acids is 1. The van der Waals surface area contributed by atoms with Gasteiger partial charge < -0.3 is 10.8 Å². The van der Waals surface area contributed by atoms with Crippen molar-refractivity contribution in [1.29, 1.82) is 0 Å². The maximum atomic E-state index is 10.9. The minimum Gasteiger partial charge on any atom is -0.480 e. The molecule has 0 radical (unpaired) electrons. The fourth-order valence-electron chi connectivity index (χ4n) is 1.61. The second-order valence-corrected chi connectivity index (χ2v) is 4.23. The van der Waals surface area contributed by atoms with Gasteiger partial charge in [-0.2, -0.15) is 0 Å². The molecule has 1 aromatic heterocycles. The normalized spacial score (nSPS) is 13.6. The number of carboxylic acid groups (broad SMARTS) is 1. The van der Waals surface area contributed by atoms with Gasteiger partial charge in [-0.05, 0) is 24.1 Å². The van der Waals surface area contributed by atoms with E-state index in [-0.39, 0.29) is 0 Å². The second kappa shape index (κ2) is 3.98. The number of pyridine rings is 1. The highest BCUT2D eigenvalue weighted by Crippen LogP contribution is 2.28. The van der Waals surface area contributed by atoms with Gasteiger partial charge >= 0.3 is 5.97 Å². The van der Waals surface area contributed by atoms with Crippen molar-refractivity contribution in [3.63, 3.8) is 0 Å². The lowest BCUT2D eigenvalue weighted by Crippen LogP contribution is -2.47. The summed E-state index contributed by atoms with van der Waals surface area (Å²) in [4.78, 5) is 14.9. The SMILES string of the molecule is Cc1ccncc1C(C)(C)C(N)C(=O)O. The first-order valence-electron chi connectivity index (χ1n) is 4.77. The van der Waals surface area contributed by atoms with Gasteiger partial charge in [0.25, 0.3) is 0 Å². The lowest BCUT2D eigenvalue weighted by molar-refractivity contribution is -0.140. The predicted octanol–water partition coefficient (Wildman–Crippen LogP) is 1.08. The van der Waals surface area contributed by atoms with Gasteiger partial charge in [-0.25, -0.2) is 0 Å². The van der Waals surface area contributed by atoms with Crippen molar-refractivity contribution >= 4 is 5.97 Å². The topological polar surface area (TPSA) is 76.2 Å². The van der Waals surface area contributed by atoms with Gasteiger partial charge in [-0.15, -0.1) is 0 Å². The molecule has 1 unspecified atom stereocenters. The van der Waals surface area contributed by atoms with Crippen LogP contribution in [0.5, 0.6) is 0 Å². The maximum Gasteiger partial charge on any atom is 0.321 e. The zero-order valence-corrected chi connectivity index (χ0v) is 9.19. The third-order valence-corrected chi connectivity index (χ3v) is 2.78. The Hall–Kier alpha value is -1.42. The van der Waals surface area contributed by atoms with E-state index in [1.807, 2.05) is 26.8 Å². The van der Waals surface area contributed by atoms with Crippen LogP contribution in [0.2, 0.25) is 0 Å². The fourth-order valence-corrected chi connectivity index (χ4v) is 1.61. The van der Waals surface area contributed by atoms with Crippen molar-refractivity contribution in [1.82, 2.24) is 4.98 Å². The summed E-state index contributed by atoms with van der Waals surface area (Å²) in [6, 6.07) is 0.923. The minimum absolute atomic E-state index is 0.621. The molecule has 0 aromatic carbocycles. The summed E-state index contributed by atoms with van der Waals surface area (Å²) in [7, 11) is 0. The van der Waals surface area contributed by atoms with Crippen LogP contribution in [-0.4, -0.2) is 22.1 Å². The summed E-state index contributed by atoms with van der Waals surface area (Å²) in [5.41, 5.74) is 6.93. The minimum atomic E-state index is -0.997. The standard InChI is InChI=1S/C11H16N2O2/c1-7-4-5-13-6-8(7)11(2,3)9(12)10(14)15/h4-6,9H,12H2,1-3H3,(H,14,15). The number of nitrogens with zero attached hydrogens (tertiary/aromatic N) is 1. The Kier molecular flexibility index (Phi) is 3.09. The maximum absolute atomic E-state index is 10.9. The van der Waals surface area contributed by atoms with Crippen LogP contribution in [-0.2, 0) is 10.2 Å². The van der Waals surface area contributed by atoms with Gasteiger partial charge in [0.15, 0.2) is 0 Å². The molecule has 1 atom stereocenters. The van der Waals surface area contributed by atoms with E-state index in [9.17, 15) is 4.79 Å². The quantitative estimate of drug-likeness (QED) is 0.779. The average Bonchev–Trinajstić information content (AvgIpc) is 2.16. The van der Waals surface area contributed by atoms with Crippen LogP contribution in [0, 0.1) is 6.92 Å². The van der Waals surface area contributed by atoms with Crippen LogP contribution < -0.4 is 5.73 Å². The number of hydrogen-bond acceptors (Lipinski definition) is 3. The molecule has 4 nitrogen and oxygen atoms in total. The molecular formula is C11H16N2O2. The first kappa shape index (κ1) is 11.7. The molecule has 1 heterocycles. The summed E-state index contributed by atoms with van der Waals surface area (Å²) in [6.45, 7) is 5.55. The van der Waals surface area contributed by atoms with Crippen molar-refractivity contribution in [3.8, 4) is 0 Å². The zero-order chi connectivity index (χ0) is 11.6. The van der Waals surface area contributed by atoms with Crippen LogP contribution in [0.3, 0.4) is 0 Å². The number of nitrogens with two attached hydrogens (primary N) is 1. The van der Waals surface area contributed by atoms with Crippen molar-refractivity contribution < 1.29 is 9.90 Å². The van der Waals surface area contributed by atoms with Gasteiger partial charge in [0.1, 0.15) is 6.04 Å². The molecule has 15 heavy (non-hydrogen) atoms. The second-order valence-electron chi connectivity index (χ2n) is 4.23. The summed E-state index contributed by atoms with van der Waals surface area (Å²) in [5.74, 6) is -0.997. The van der Waals surface area contributed by atoms with Gasteiger partial charge in [-0.3, -0.25) is 9.78 Å². The van der Waals surface area contributed by atoms with E-state index in [2.05, 4.69) is 4.98 Å². The Balaban J connectivity index is 3.16. The molecule has 4 heteroatoms. The highest BCUT2D eigenvalue weighted by molar-refractivity contribution is 5.75. The number of aliphatic carboxylic acids is 1. The number of hydrogen-bond donors (Lipinski definition) is 2. The lowest BCUT2D eigenvalue weighted by atomic mass is 9.77. The zero-order valence-electron chi connectivity index (χ0n) is 9.19. The van der Waals surface area contributed by atoms with Gasteiger partial charge in [-0.1, -0.05) is 13.8 Å². The molecule has 0 saturated heterocycles. The Morgan fingerprint density at radius 1 is 1.60 bits per heavy atom. The van der Waals surface area contributed by atoms with E-state index in [0.717, 1.165) is 11.1 Å².